The maximum absolute atomic E-state index is 12.2. The lowest BCUT2D eigenvalue weighted by Gasteiger charge is -2.24. The number of nitrogens with zero attached hydrogens (tertiary/aromatic N) is 3. The summed E-state index contributed by atoms with van der Waals surface area (Å²) in [5.74, 6) is 0.710. The van der Waals surface area contributed by atoms with Crippen LogP contribution in [0.4, 0.5) is 11.5 Å². The third-order valence-electron chi connectivity index (χ3n) is 5.25. The van der Waals surface area contributed by atoms with E-state index in [4.69, 9.17) is 4.74 Å². The predicted molar refractivity (Wildman–Crippen MR) is 129 cm³/mol. The normalized spacial score (nSPS) is 16.3. The summed E-state index contributed by atoms with van der Waals surface area (Å²) in [5.41, 5.74) is 1.65. The van der Waals surface area contributed by atoms with Gasteiger partial charge in [-0.25, -0.2) is 4.98 Å². The third-order valence-corrected chi connectivity index (χ3v) is 5.25. The maximum Gasteiger partial charge on any atom is 0.248 e. The van der Waals surface area contributed by atoms with Gasteiger partial charge in [-0.05, 0) is 50.6 Å². The van der Waals surface area contributed by atoms with Crippen molar-refractivity contribution in [3.63, 3.8) is 0 Å². The molecular formula is C25H34N4O3. The van der Waals surface area contributed by atoms with Gasteiger partial charge in [0, 0.05) is 32.3 Å². The van der Waals surface area contributed by atoms with Crippen molar-refractivity contribution in [2.45, 2.75) is 32.5 Å². The van der Waals surface area contributed by atoms with Gasteiger partial charge >= 0.3 is 0 Å². The predicted octanol–water partition coefficient (Wildman–Crippen LogP) is 3.03. The first-order chi connectivity index (χ1) is 15.5. The lowest BCUT2D eigenvalue weighted by Crippen LogP contribution is -2.38. The zero-order chi connectivity index (χ0) is 22.8. The Morgan fingerprint density at radius 3 is 2.69 bits per heavy atom. The Labute approximate surface area is 190 Å². The zero-order valence-electron chi connectivity index (χ0n) is 19.0. The molecule has 172 valence electrons. The second-order valence-electron chi connectivity index (χ2n) is 8.32. The minimum Gasteiger partial charge on any atom is -0.389 e. The van der Waals surface area contributed by atoms with Crippen LogP contribution in [-0.2, 0) is 9.53 Å². The molecule has 2 heterocycles. The average molecular weight is 439 g/mol. The molecule has 0 aliphatic carbocycles. The molecule has 1 saturated heterocycles. The number of aliphatic hydroxyl groups excluding tert-OH is 1. The van der Waals surface area contributed by atoms with E-state index in [1.807, 2.05) is 56.3 Å². The van der Waals surface area contributed by atoms with Crippen LogP contribution in [0.1, 0.15) is 25.8 Å². The smallest absolute Gasteiger partial charge is 0.248 e. The van der Waals surface area contributed by atoms with Gasteiger partial charge in [0.15, 0.2) is 0 Å². The molecule has 7 nitrogen and oxygen atoms in total. The van der Waals surface area contributed by atoms with Crippen LogP contribution >= 0.6 is 0 Å². The van der Waals surface area contributed by atoms with Gasteiger partial charge < -0.3 is 20.1 Å². The van der Waals surface area contributed by atoms with E-state index in [0.717, 1.165) is 44.0 Å². The number of rotatable bonds is 9. The second-order valence-corrected chi connectivity index (χ2v) is 8.32. The number of aromatic nitrogens is 1. The molecule has 0 spiro atoms. The number of ether oxygens (including phenoxy) is 1. The van der Waals surface area contributed by atoms with E-state index in [1.54, 1.807) is 12.3 Å². The van der Waals surface area contributed by atoms with Crippen LogP contribution in [0.15, 0.2) is 54.7 Å². The number of pyridine rings is 1. The van der Waals surface area contributed by atoms with Gasteiger partial charge in [0.2, 0.25) is 5.91 Å². The van der Waals surface area contributed by atoms with E-state index in [9.17, 15) is 9.90 Å². The zero-order valence-corrected chi connectivity index (χ0v) is 19.0. The molecule has 3 rings (SSSR count). The Hall–Kier alpha value is -2.74. The maximum atomic E-state index is 12.2. The molecule has 0 saturated carbocycles. The van der Waals surface area contributed by atoms with Crippen molar-refractivity contribution in [3.05, 3.63) is 60.3 Å². The number of aliphatic hydroxyl groups is 1. The van der Waals surface area contributed by atoms with E-state index in [-0.39, 0.29) is 12.0 Å². The lowest BCUT2D eigenvalue weighted by molar-refractivity contribution is -0.111. The quantitative estimate of drug-likeness (QED) is 0.586. The van der Waals surface area contributed by atoms with Gasteiger partial charge in [-0.1, -0.05) is 30.3 Å². The highest BCUT2D eigenvalue weighted by molar-refractivity contribution is 6.01. The van der Waals surface area contributed by atoms with Crippen LogP contribution in [0.5, 0.6) is 0 Å². The van der Waals surface area contributed by atoms with E-state index >= 15 is 0 Å². The molecule has 1 fully saturated rings. The number of benzene rings is 1. The van der Waals surface area contributed by atoms with E-state index in [2.05, 4.69) is 20.1 Å². The number of nitrogens with one attached hydrogen (secondary N) is 1. The molecule has 2 N–H and O–H groups in total. The van der Waals surface area contributed by atoms with Crippen LogP contribution in [0.25, 0.3) is 6.08 Å². The van der Waals surface area contributed by atoms with Crippen molar-refractivity contribution in [2.24, 2.45) is 0 Å². The Balaban J connectivity index is 1.47. The molecule has 1 aromatic carbocycles. The first-order valence-corrected chi connectivity index (χ1v) is 11.3. The summed E-state index contributed by atoms with van der Waals surface area (Å²) in [5, 5.41) is 13.0. The summed E-state index contributed by atoms with van der Waals surface area (Å²) >= 11 is 0. The topological polar surface area (TPSA) is 77.9 Å². The van der Waals surface area contributed by atoms with Crippen LogP contribution in [0.3, 0.4) is 0 Å². The van der Waals surface area contributed by atoms with Gasteiger partial charge in [-0.3, -0.25) is 9.69 Å². The van der Waals surface area contributed by atoms with E-state index in [1.165, 1.54) is 6.08 Å². The second kappa shape index (κ2) is 12.3. The Bertz CT molecular complexity index is 855. The van der Waals surface area contributed by atoms with Gasteiger partial charge in [0.25, 0.3) is 0 Å². The number of amides is 1. The third kappa shape index (κ3) is 8.07. The molecule has 1 atom stereocenters. The van der Waals surface area contributed by atoms with Crippen molar-refractivity contribution in [3.8, 4) is 0 Å². The van der Waals surface area contributed by atoms with E-state index in [0.29, 0.717) is 18.8 Å². The largest absolute Gasteiger partial charge is 0.389 e. The number of hydrogen-bond donors (Lipinski definition) is 2. The molecule has 32 heavy (non-hydrogen) atoms. The summed E-state index contributed by atoms with van der Waals surface area (Å²) in [7, 11) is 0. The fourth-order valence-corrected chi connectivity index (χ4v) is 3.60. The summed E-state index contributed by atoms with van der Waals surface area (Å²) in [6.07, 6.45) is 5.66. The minimum atomic E-state index is -0.471. The Kier molecular flexibility index (Phi) is 9.22. The van der Waals surface area contributed by atoms with Gasteiger partial charge in [0.05, 0.1) is 30.7 Å². The Morgan fingerprint density at radius 1 is 1.16 bits per heavy atom. The fourth-order valence-electron chi connectivity index (χ4n) is 3.60. The van der Waals surface area contributed by atoms with Crippen molar-refractivity contribution < 1.29 is 14.6 Å². The number of carbonyl (C=O) groups excluding carboxylic acids is 1. The van der Waals surface area contributed by atoms with Crippen molar-refractivity contribution in [1.82, 2.24) is 9.88 Å². The van der Waals surface area contributed by atoms with Crippen LogP contribution in [-0.4, -0.2) is 72.4 Å². The van der Waals surface area contributed by atoms with Crippen molar-refractivity contribution in [1.29, 1.82) is 0 Å². The molecule has 1 unspecified atom stereocenters. The molecule has 2 aromatic rings. The average Bonchev–Trinajstić information content (AvgIpc) is 3.03. The van der Waals surface area contributed by atoms with E-state index < -0.39 is 6.10 Å². The van der Waals surface area contributed by atoms with Crippen molar-refractivity contribution >= 4 is 23.5 Å². The van der Waals surface area contributed by atoms with Gasteiger partial charge in [0.1, 0.15) is 5.82 Å². The summed E-state index contributed by atoms with van der Waals surface area (Å²) in [6, 6.07) is 13.5. The first kappa shape index (κ1) is 23.9. The summed E-state index contributed by atoms with van der Waals surface area (Å²) in [4.78, 5) is 21.2. The first-order valence-electron chi connectivity index (χ1n) is 11.3. The highest BCUT2D eigenvalue weighted by atomic mass is 16.5. The molecule has 1 aliphatic heterocycles. The molecule has 1 aromatic heterocycles. The number of hydrogen-bond acceptors (Lipinski definition) is 6. The number of carbonyl (C=O) groups is 1. The molecule has 7 heteroatoms. The molecule has 1 amide bonds. The highest BCUT2D eigenvalue weighted by Gasteiger charge is 2.18. The fraction of sp³-hybridized carbons (Fsp3) is 0.440. The summed E-state index contributed by atoms with van der Waals surface area (Å²) in [6.45, 7) is 8.50. The molecule has 0 radical (unpaired) electrons. The highest BCUT2D eigenvalue weighted by Crippen LogP contribution is 2.17. The van der Waals surface area contributed by atoms with Gasteiger partial charge in [-0.2, -0.15) is 0 Å². The number of β-amino-alcohol motifs (C(OH)–C–C–N with tert-alkyl or cyclic N) is 1. The Morgan fingerprint density at radius 2 is 1.97 bits per heavy atom. The number of anilines is 2. The monoisotopic (exact) mass is 438 g/mol. The van der Waals surface area contributed by atoms with Crippen LogP contribution in [0, 0.1) is 0 Å². The van der Waals surface area contributed by atoms with Crippen LogP contribution in [0.2, 0.25) is 0 Å². The molecule has 0 bridgehead atoms. The minimum absolute atomic E-state index is 0.128. The molecular weight excluding hydrogens is 404 g/mol. The lowest BCUT2D eigenvalue weighted by atomic mass is 10.2. The van der Waals surface area contributed by atoms with Crippen LogP contribution < -0.4 is 10.2 Å². The summed E-state index contributed by atoms with van der Waals surface area (Å²) < 4.78 is 5.51. The van der Waals surface area contributed by atoms with Crippen molar-refractivity contribution in [2.75, 3.05) is 49.5 Å². The molecule has 1 aliphatic rings. The standard InChI is InChI=1S/C25H34N4O3/c1-20(2)32-19-23(30)18-28-13-6-14-29(16-15-28)24-11-10-22(17-26-24)27-25(31)12-9-21-7-4-3-5-8-21/h3-5,7-12,17,20,23,30H,6,13-16,18-19H2,1-2H3,(H,27,31)/b12-9+. The SMILES string of the molecule is CC(C)OCC(O)CN1CCCN(c2ccc(NC(=O)/C=C/c3ccccc3)cn2)CC1. The van der Waals surface area contributed by atoms with Gasteiger partial charge in [-0.15, -0.1) is 0 Å².